The Morgan fingerprint density at radius 3 is 2.55 bits per heavy atom. The minimum atomic E-state index is -0.351. The maximum absolute atomic E-state index is 11.9. The fraction of sp³-hybridized carbons (Fsp3) is 0.118. The van der Waals surface area contributed by atoms with Crippen molar-refractivity contribution in [2.75, 3.05) is 11.9 Å². The van der Waals surface area contributed by atoms with E-state index in [1.54, 1.807) is 36.4 Å². The number of carbonyl (C=O) groups is 2. The SMILES string of the molecule is Cc1ccc(C(=O)NCC(=O)Nc2cccc(C#N)c2)cc1. The zero-order valence-corrected chi connectivity index (χ0v) is 12.1. The van der Waals surface area contributed by atoms with Crippen LogP contribution in [0.25, 0.3) is 0 Å². The summed E-state index contributed by atoms with van der Waals surface area (Å²) < 4.78 is 0. The summed E-state index contributed by atoms with van der Waals surface area (Å²) in [4.78, 5) is 23.7. The molecule has 0 aliphatic rings. The highest BCUT2D eigenvalue weighted by molar-refractivity contribution is 5.99. The average molecular weight is 293 g/mol. The Morgan fingerprint density at radius 1 is 1.14 bits per heavy atom. The molecule has 0 aromatic heterocycles. The van der Waals surface area contributed by atoms with E-state index >= 15 is 0 Å². The zero-order valence-electron chi connectivity index (χ0n) is 12.1. The number of hydrogen-bond acceptors (Lipinski definition) is 3. The van der Waals surface area contributed by atoms with Crippen molar-refractivity contribution in [2.24, 2.45) is 0 Å². The maximum Gasteiger partial charge on any atom is 0.251 e. The summed E-state index contributed by atoms with van der Waals surface area (Å²) in [6.45, 7) is 1.80. The molecule has 0 saturated carbocycles. The van der Waals surface area contributed by atoms with E-state index < -0.39 is 0 Å². The topological polar surface area (TPSA) is 82.0 Å². The number of benzene rings is 2. The number of aryl methyl sites for hydroxylation is 1. The summed E-state index contributed by atoms with van der Waals surface area (Å²) in [5.74, 6) is -0.656. The van der Waals surface area contributed by atoms with Gasteiger partial charge >= 0.3 is 0 Å². The Bertz CT molecular complexity index is 730. The third kappa shape index (κ3) is 4.18. The van der Waals surface area contributed by atoms with Crippen molar-refractivity contribution >= 4 is 17.5 Å². The lowest BCUT2D eigenvalue weighted by Crippen LogP contribution is -2.32. The van der Waals surface area contributed by atoms with Crippen molar-refractivity contribution in [3.05, 3.63) is 65.2 Å². The van der Waals surface area contributed by atoms with Crippen LogP contribution in [0.1, 0.15) is 21.5 Å². The second-order valence-corrected chi connectivity index (χ2v) is 4.79. The van der Waals surface area contributed by atoms with Crippen LogP contribution in [0.3, 0.4) is 0 Å². The van der Waals surface area contributed by atoms with Crippen molar-refractivity contribution in [2.45, 2.75) is 6.92 Å². The number of nitriles is 1. The normalized spacial score (nSPS) is 9.64. The molecule has 0 fully saturated rings. The van der Waals surface area contributed by atoms with Gasteiger partial charge in [-0.05, 0) is 37.3 Å². The van der Waals surface area contributed by atoms with Gasteiger partial charge in [-0.15, -0.1) is 0 Å². The first-order valence-corrected chi connectivity index (χ1v) is 6.73. The molecule has 0 atom stereocenters. The number of hydrogen-bond donors (Lipinski definition) is 2. The number of anilines is 1. The lowest BCUT2D eigenvalue weighted by atomic mass is 10.1. The molecule has 2 amide bonds. The highest BCUT2D eigenvalue weighted by Crippen LogP contribution is 2.09. The van der Waals surface area contributed by atoms with E-state index in [0.717, 1.165) is 5.56 Å². The molecular formula is C17H15N3O2. The van der Waals surface area contributed by atoms with Gasteiger partial charge in [0.2, 0.25) is 5.91 Å². The molecule has 2 N–H and O–H groups in total. The molecule has 5 heteroatoms. The summed E-state index contributed by atoms with van der Waals surface area (Å²) >= 11 is 0. The summed E-state index contributed by atoms with van der Waals surface area (Å²) in [6.07, 6.45) is 0. The fourth-order valence-electron chi connectivity index (χ4n) is 1.84. The quantitative estimate of drug-likeness (QED) is 0.907. The number of rotatable bonds is 4. The molecule has 5 nitrogen and oxygen atoms in total. The van der Waals surface area contributed by atoms with Crippen LogP contribution in [-0.2, 0) is 4.79 Å². The van der Waals surface area contributed by atoms with E-state index in [2.05, 4.69) is 10.6 Å². The molecule has 2 rings (SSSR count). The van der Waals surface area contributed by atoms with Crippen molar-refractivity contribution < 1.29 is 9.59 Å². The van der Waals surface area contributed by atoms with Crippen molar-refractivity contribution in [3.63, 3.8) is 0 Å². The summed E-state index contributed by atoms with van der Waals surface area (Å²) in [5, 5.41) is 14.0. The van der Waals surface area contributed by atoms with Gasteiger partial charge in [-0.3, -0.25) is 9.59 Å². The maximum atomic E-state index is 11.9. The first-order valence-electron chi connectivity index (χ1n) is 6.73. The predicted octanol–water partition coefficient (Wildman–Crippen LogP) is 2.24. The van der Waals surface area contributed by atoms with Crippen LogP contribution in [0.4, 0.5) is 5.69 Å². The number of nitrogens with one attached hydrogen (secondary N) is 2. The highest BCUT2D eigenvalue weighted by Gasteiger charge is 2.08. The molecule has 0 radical (unpaired) electrons. The molecule has 0 unspecified atom stereocenters. The number of carbonyl (C=O) groups excluding carboxylic acids is 2. The Morgan fingerprint density at radius 2 is 1.86 bits per heavy atom. The van der Waals surface area contributed by atoms with Crippen molar-refractivity contribution in [3.8, 4) is 6.07 Å². The fourth-order valence-corrected chi connectivity index (χ4v) is 1.84. The van der Waals surface area contributed by atoms with E-state index in [-0.39, 0.29) is 18.4 Å². The summed E-state index contributed by atoms with van der Waals surface area (Å²) in [5.41, 5.74) is 2.55. The zero-order chi connectivity index (χ0) is 15.9. The number of nitrogens with zero attached hydrogens (tertiary/aromatic N) is 1. The van der Waals surface area contributed by atoms with Gasteiger partial charge < -0.3 is 10.6 Å². The average Bonchev–Trinajstić information content (AvgIpc) is 2.53. The minimum Gasteiger partial charge on any atom is -0.343 e. The van der Waals surface area contributed by atoms with Gasteiger partial charge in [-0.2, -0.15) is 5.26 Å². The van der Waals surface area contributed by atoms with E-state index in [4.69, 9.17) is 5.26 Å². The Balaban J connectivity index is 1.88. The molecule has 2 aromatic carbocycles. The van der Waals surface area contributed by atoms with Crippen LogP contribution < -0.4 is 10.6 Å². The van der Waals surface area contributed by atoms with Crippen LogP contribution in [0, 0.1) is 18.3 Å². The van der Waals surface area contributed by atoms with E-state index in [9.17, 15) is 9.59 Å². The first-order chi connectivity index (χ1) is 10.6. The molecular weight excluding hydrogens is 278 g/mol. The smallest absolute Gasteiger partial charge is 0.251 e. The van der Waals surface area contributed by atoms with Crippen LogP contribution in [0.2, 0.25) is 0 Å². The third-order valence-electron chi connectivity index (χ3n) is 3.00. The van der Waals surface area contributed by atoms with Gasteiger partial charge in [0.05, 0.1) is 18.2 Å². The highest BCUT2D eigenvalue weighted by atomic mass is 16.2. The lowest BCUT2D eigenvalue weighted by Gasteiger charge is -2.07. The lowest BCUT2D eigenvalue weighted by molar-refractivity contribution is -0.115. The molecule has 0 spiro atoms. The Kier molecular flexibility index (Phi) is 4.89. The molecule has 0 aliphatic carbocycles. The molecule has 0 heterocycles. The first kappa shape index (κ1) is 15.3. The molecule has 110 valence electrons. The van der Waals surface area contributed by atoms with Crippen molar-refractivity contribution in [1.82, 2.24) is 5.32 Å². The van der Waals surface area contributed by atoms with E-state index in [0.29, 0.717) is 16.8 Å². The van der Waals surface area contributed by atoms with Crippen LogP contribution in [0.15, 0.2) is 48.5 Å². The number of amides is 2. The Hall–Kier alpha value is -3.13. The molecule has 0 aliphatic heterocycles. The van der Waals surface area contributed by atoms with Gasteiger partial charge in [0, 0.05) is 11.3 Å². The second kappa shape index (κ2) is 7.04. The van der Waals surface area contributed by atoms with Gasteiger partial charge in [0.15, 0.2) is 0 Å². The van der Waals surface area contributed by atoms with Crippen molar-refractivity contribution in [1.29, 1.82) is 5.26 Å². The largest absolute Gasteiger partial charge is 0.343 e. The van der Waals surface area contributed by atoms with Crippen LogP contribution >= 0.6 is 0 Å². The molecule has 0 saturated heterocycles. The molecule has 22 heavy (non-hydrogen) atoms. The van der Waals surface area contributed by atoms with E-state index in [1.807, 2.05) is 25.1 Å². The van der Waals surface area contributed by atoms with Crippen LogP contribution in [-0.4, -0.2) is 18.4 Å². The van der Waals surface area contributed by atoms with E-state index in [1.165, 1.54) is 0 Å². The standard InChI is InChI=1S/C17H15N3O2/c1-12-5-7-14(8-6-12)17(22)19-11-16(21)20-15-4-2-3-13(9-15)10-18/h2-9H,11H2,1H3,(H,19,22)(H,20,21). The van der Waals surface area contributed by atoms with Gasteiger partial charge in [0.1, 0.15) is 0 Å². The Labute approximate surface area is 128 Å². The predicted molar refractivity (Wildman–Crippen MR) is 83.3 cm³/mol. The van der Waals surface area contributed by atoms with Crippen LogP contribution in [0.5, 0.6) is 0 Å². The monoisotopic (exact) mass is 293 g/mol. The van der Waals surface area contributed by atoms with Gasteiger partial charge in [0.25, 0.3) is 5.91 Å². The molecule has 2 aromatic rings. The minimum absolute atomic E-state index is 0.135. The second-order valence-electron chi connectivity index (χ2n) is 4.79. The summed E-state index contributed by atoms with van der Waals surface area (Å²) in [6, 6.07) is 15.7. The van der Waals surface area contributed by atoms with Gasteiger partial charge in [-0.1, -0.05) is 23.8 Å². The molecule has 0 bridgehead atoms. The van der Waals surface area contributed by atoms with Gasteiger partial charge in [-0.25, -0.2) is 0 Å². The summed E-state index contributed by atoms with van der Waals surface area (Å²) in [7, 11) is 0. The third-order valence-corrected chi connectivity index (χ3v) is 3.00.